The first-order valence-electron chi connectivity index (χ1n) is 7.44. The van der Waals surface area contributed by atoms with E-state index in [4.69, 9.17) is 9.47 Å². The van der Waals surface area contributed by atoms with E-state index >= 15 is 0 Å². The molecule has 0 radical (unpaired) electrons. The van der Waals surface area contributed by atoms with Gasteiger partial charge in [0, 0.05) is 12.2 Å². The van der Waals surface area contributed by atoms with Crippen molar-refractivity contribution in [2.75, 3.05) is 6.61 Å². The predicted octanol–water partition coefficient (Wildman–Crippen LogP) is 0.359. The first-order chi connectivity index (χ1) is 9.72. The number of rotatable bonds is 3. The van der Waals surface area contributed by atoms with Gasteiger partial charge in [-0.05, 0) is 25.3 Å². The Hall–Kier alpha value is -0.950. The first-order valence-corrected chi connectivity index (χ1v) is 7.44. The van der Waals surface area contributed by atoms with Gasteiger partial charge in [-0.3, -0.25) is 4.68 Å². The first kappa shape index (κ1) is 12.8. The van der Waals surface area contributed by atoms with Crippen LogP contribution >= 0.6 is 0 Å². The van der Waals surface area contributed by atoms with Crippen molar-refractivity contribution in [3.63, 3.8) is 0 Å². The molecule has 0 spiro atoms. The summed E-state index contributed by atoms with van der Waals surface area (Å²) >= 11 is 0. The van der Waals surface area contributed by atoms with E-state index in [9.17, 15) is 5.11 Å². The van der Waals surface area contributed by atoms with Gasteiger partial charge in [0.25, 0.3) is 0 Å². The standard InChI is InChI=1S/C14H21N3O3/c1-8-5-15-17(6-8)12-13(18)11(16-9-3-2-4-9)10-7-19-14(12)20-10/h5-6,9-14,16,18H,2-4,7H2,1H3/t10-,11-,12-,13+,14-/m1/s1. The maximum absolute atomic E-state index is 10.8. The van der Waals surface area contributed by atoms with Gasteiger partial charge >= 0.3 is 0 Å². The lowest BCUT2D eigenvalue weighted by Gasteiger charge is -2.42. The summed E-state index contributed by atoms with van der Waals surface area (Å²) < 4.78 is 13.4. The Balaban J connectivity index is 1.58. The van der Waals surface area contributed by atoms with Gasteiger partial charge in [-0.2, -0.15) is 5.10 Å². The van der Waals surface area contributed by atoms with Crippen LogP contribution in [-0.4, -0.2) is 52.1 Å². The number of fused-ring (bicyclic) bond motifs is 2. The van der Waals surface area contributed by atoms with E-state index in [1.807, 2.05) is 13.1 Å². The van der Waals surface area contributed by atoms with Crippen LogP contribution in [0.5, 0.6) is 0 Å². The van der Waals surface area contributed by atoms with Crippen LogP contribution in [0.3, 0.4) is 0 Å². The summed E-state index contributed by atoms with van der Waals surface area (Å²) in [6.07, 6.45) is 6.38. The third-order valence-corrected chi connectivity index (χ3v) is 4.70. The van der Waals surface area contributed by atoms with Gasteiger partial charge in [0.2, 0.25) is 0 Å². The van der Waals surface area contributed by atoms with Crippen molar-refractivity contribution in [2.45, 2.75) is 62.8 Å². The molecule has 0 aromatic carbocycles. The summed E-state index contributed by atoms with van der Waals surface area (Å²) in [7, 11) is 0. The number of aryl methyl sites for hydroxylation is 1. The average Bonchev–Trinajstić information content (AvgIpc) is 2.96. The minimum Gasteiger partial charge on any atom is -0.389 e. The molecule has 3 fully saturated rings. The van der Waals surface area contributed by atoms with Crippen molar-refractivity contribution in [3.05, 3.63) is 18.0 Å². The molecule has 1 aromatic rings. The molecule has 5 atom stereocenters. The lowest BCUT2D eigenvalue weighted by atomic mass is 9.89. The van der Waals surface area contributed by atoms with E-state index in [0.29, 0.717) is 12.6 Å². The molecule has 3 aliphatic rings. The van der Waals surface area contributed by atoms with Crippen molar-refractivity contribution in [3.8, 4) is 0 Å². The van der Waals surface area contributed by atoms with Crippen LogP contribution in [0.4, 0.5) is 0 Å². The molecule has 6 heteroatoms. The van der Waals surface area contributed by atoms with Crippen LogP contribution in [0.1, 0.15) is 30.9 Å². The Kier molecular flexibility index (Phi) is 3.07. The molecule has 1 aromatic heterocycles. The van der Waals surface area contributed by atoms with Gasteiger partial charge in [0.15, 0.2) is 6.29 Å². The highest BCUT2D eigenvalue weighted by Crippen LogP contribution is 2.36. The third kappa shape index (κ3) is 1.98. The quantitative estimate of drug-likeness (QED) is 0.836. The number of nitrogens with zero attached hydrogens (tertiary/aromatic N) is 2. The fraction of sp³-hybridized carbons (Fsp3) is 0.786. The zero-order valence-corrected chi connectivity index (χ0v) is 11.6. The number of aliphatic hydroxyl groups excluding tert-OH is 1. The normalized spacial score (nSPS) is 40.8. The number of hydrogen-bond acceptors (Lipinski definition) is 5. The lowest BCUT2D eigenvalue weighted by Crippen LogP contribution is -2.60. The molecule has 1 saturated carbocycles. The maximum atomic E-state index is 10.8. The van der Waals surface area contributed by atoms with Crippen molar-refractivity contribution in [1.82, 2.24) is 15.1 Å². The van der Waals surface area contributed by atoms with Gasteiger partial charge in [-0.15, -0.1) is 0 Å². The van der Waals surface area contributed by atoms with Gasteiger partial charge in [-0.1, -0.05) is 6.42 Å². The molecule has 110 valence electrons. The summed E-state index contributed by atoms with van der Waals surface area (Å²) in [5.74, 6) is 0. The van der Waals surface area contributed by atoms with Crippen molar-refractivity contribution >= 4 is 0 Å². The molecule has 0 amide bonds. The van der Waals surface area contributed by atoms with Gasteiger partial charge in [-0.25, -0.2) is 0 Å². The van der Waals surface area contributed by atoms with Crippen LogP contribution < -0.4 is 5.32 Å². The second-order valence-corrected chi connectivity index (χ2v) is 6.18. The van der Waals surface area contributed by atoms with Crippen LogP contribution in [0.15, 0.2) is 12.4 Å². The molecular weight excluding hydrogens is 258 g/mol. The second kappa shape index (κ2) is 4.80. The van der Waals surface area contributed by atoms with Gasteiger partial charge in [0.05, 0.1) is 24.9 Å². The smallest absolute Gasteiger partial charge is 0.183 e. The summed E-state index contributed by atoms with van der Waals surface area (Å²) in [5, 5.41) is 18.6. The molecule has 4 rings (SSSR count). The summed E-state index contributed by atoms with van der Waals surface area (Å²) in [5.41, 5.74) is 1.07. The van der Waals surface area contributed by atoms with E-state index in [0.717, 1.165) is 5.56 Å². The summed E-state index contributed by atoms with van der Waals surface area (Å²) in [6.45, 7) is 2.53. The van der Waals surface area contributed by atoms with Crippen molar-refractivity contribution in [2.24, 2.45) is 0 Å². The third-order valence-electron chi connectivity index (χ3n) is 4.70. The maximum Gasteiger partial charge on any atom is 0.183 e. The Morgan fingerprint density at radius 3 is 2.95 bits per heavy atom. The Morgan fingerprint density at radius 2 is 2.30 bits per heavy atom. The summed E-state index contributed by atoms with van der Waals surface area (Å²) in [6, 6.07) is 0.156. The van der Waals surface area contributed by atoms with E-state index in [-0.39, 0.29) is 18.2 Å². The highest BCUT2D eigenvalue weighted by Gasteiger charge is 2.51. The molecule has 20 heavy (non-hydrogen) atoms. The molecule has 6 nitrogen and oxygen atoms in total. The molecule has 2 bridgehead atoms. The monoisotopic (exact) mass is 279 g/mol. The van der Waals surface area contributed by atoms with E-state index < -0.39 is 12.4 Å². The van der Waals surface area contributed by atoms with E-state index in [2.05, 4.69) is 10.4 Å². The molecule has 3 heterocycles. The molecule has 2 saturated heterocycles. The van der Waals surface area contributed by atoms with E-state index in [1.54, 1.807) is 10.9 Å². The molecule has 2 aliphatic heterocycles. The molecular formula is C14H21N3O3. The number of ether oxygens (including phenoxy) is 2. The highest BCUT2D eigenvalue weighted by molar-refractivity contribution is 5.06. The van der Waals surface area contributed by atoms with Crippen LogP contribution in [-0.2, 0) is 9.47 Å². The minimum absolute atomic E-state index is 0.0523. The van der Waals surface area contributed by atoms with Gasteiger partial charge < -0.3 is 19.9 Å². The SMILES string of the molecule is Cc1cnn([C@H]2[C@@H]3OC[C@@H](O3)[C@@H](NC3CCC3)[C@@H]2O)c1. The highest BCUT2D eigenvalue weighted by atomic mass is 16.7. The zero-order valence-electron chi connectivity index (χ0n) is 11.6. The van der Waals surface area contributed by atoms with Crippen LogP contribution in [0, 0.1) is 6.92 Å². The van der Waals surface area contributed by atoms with E-state index in [1.165, 1.54) is 19.3 Å². The zero-order chi connectivity index (χ0) is 13.7. The number of nitrogens with one attached hydrogen (secondary N) is 1. The molecule has 0 unspecified atom stereocenters. The van der Waals surface area contributed by atoms with Crippen LogP contribution in [0.25, 0.3) is 0 Å². The number of aromatic nitrogens is 2. The minimum atomic E-state index is -0.541. The van der Waals surface area contributed by atoms with Gasteiger partial charge in [0.1, 0.15) is 12.1 Å². The number of aliphatic hydroxyl groups is 1. The Labute approximate surface area is 118 Å². The average molecular weight is 279 g/mol. The second-order valence-electron chi connectivity index (χ2n) is 6.18. The number of hydrogen-bond donors (Lipinski definition) is 2. The Bertz CT molecular complexity index is 488. The summed E-state index contributed by atoms with van der Waals surface area (Å²) in [4.78, 5) is 0. The fourth-order valence-corrected chi connectivity index (χ4v) is 3.33. The Morgan fingerprint density at radius 1 is 1.45 bits per heavy atom. The van der Waals surface area contributed by atoms with Crippen molar-refractivity contribution in [1.29, 1.82) is 0 Å². The van der Waals surface area contributed by atoms with Crippen LogP contribution in [0.2, 0.25) is 0 Å². The predicted molar refractivity (Wildman–Crippen MR) is 71.2 cm³/mol. The molecule has 1 aliphatic carbocycles. The lowest BCUT2D eigenvalue weighted by molar-refractivity contribution is -0.169. The topological polar surface area (TPSA) is 68.5 Å². The fourth-order valence-electron chi connectivity index (χ4n) is 3.33. The molecule has 2 N–H and O–H groups in total. The van der Waals surface area contributed by atoms with Crippen molar-refractivity contribution < 1.29 is 14.6 Å². The largest absolute Gasteiger partial charge is 0.389 e.